The first-order chi connectivity index (χ1) is 25.8. The third-order valence-corrected chi connectivity index (χ3v) is 11.4. The number of aromatic nitrogens is 3. The Morgan fingerprint density at radius 2 is 0.942 bits per heavy atom. The molecule has 5 heteroatoms. The predicted octanol–water partition coefficient (Wildman–Crippen LogP) is 12.9. The zero-order valence-electron chi connectivity index (χ0n) is 28.0. The van der Waals surface area contributed by atoms with E-state index in [1.807, 2.05) is 17.8 Å². The van der Waals surface area contributed by atoms with Gasteiger partial charge in [-0.2, -0.15) is 0 Å². The molecule has 52 heavy (non-hydrogen) atoms. The average Bonchev–Trinajstić information content (AvgIpc) is 3.72. The van der Waals surface area contributed by atoms with E-state index < -0.39 is 0 Å². The van der Waals surface area contributed by atoms with E-state index in [0.717, 1.165) is 50.3 Å². The van der Waals surface area contributed by atoms with Crippen molar-refractivity contribution in [3.05, 3.63) is 182 Å². The van der Waals surface area contributed by atoms with E-state index >= 15 is 0 Å². The Morgan fingerprint density at radius 3 is 1.71 bits per heavy atom. The van der Waals surface area contributed by atoms with Crippen molar-refractivity contribution in [3.63, 3.8) is 0 Å². The van der Waals surface area contributed by atoms with Crippen LogP contribution >= 0.6 is 11.8 Å². The van der Waals surface area contributed by atoms with E-state index in [2.05, 4.69) is 190 Å². The Hall–Kier alpha value is -6.56. The Bertz CT molecular complexity index is 2950. The molecule has 3 aromatic heterocycles. The highest BCUT2D eigenvalue weighted by atomic mass is 32.2. The van der Waals surface area contributed by atoms with E-state index in [4.69, 9.17) is 4.98 Å². The van der Waals surface area contributed by atoms with Gasteiger partial charge in [-0.25, -0.2) is 4.98 Å². The number of anilines is 3. The van der Waals surface area contributed by atoms with Gasteiger partial charge < -0.3 is 14.0 Å². The van der Waals surface area contributed by atoms with Crippen LogP contribution in [0.5, 0.6) is 0 Å². The minimum atomic E-state index is 0.967. The van der Waals surface area contributed by atoms with E-state index in [0.29, 0.717) is 0 Å². The standard InChI is InChI=1S/C47H30N4S/c1-3-13-31(14-4-1)38-25-28-44-47(48-38)37-30-34(24-27-41(37)49(44)32-15-5-2-6-16-32)50-39-18-8-7-17-35(39)36-29-33(23-26-40(36)50)51-42-19-9-11-21-45(42)52-46-22-12-10-20-43(46)51/h1-30H. The summed E-state index contributed by atoms with van der Waals surface area (Å²) in [5.74, 6) is 0. The van der Waals surface area contributed by atoms with Gasteiger partial charge in [0.25, 0.3) is 0 Å². The fourth-order valence-corrected chi connectivity index (χ4v) is 9.05. The van der Waals surface area contributed by atoms with E-state index in [1.165, 1.54) is 43.0 Å². The molecule has 4 heterocycles. The first-order valence-corrected chi connectivity index (χ1v) is 18.4. The third kappa shape index (κ3) is 4.39. The van der Waals surface area contributed by atoms with Crippen LogP contribution in [0.4, 0.5) is 17.1 Å². The van der Waals surface area contributed by atoms with Crippen LogP contribution in [0.2, 0.25) is 0 Å². The SMILES string of the molecule is c1ccc(-c2ccc3c(n2)c2cc(-n4c5ccccc5c5cc(N6c7ccccc7Sc7ccccc76)ccc54)ccc2n3-c2ccccc2)cc1. The van der Waals surface area contributed by atoms with Gasteiger partial charge >= 0.3 is 0 Å². The maximum atomic E-state index is 5.33. The molecule has 4 nitrogen and oxygen atoms in total. The lowest BCUT2D eigenvalue weighted by Crippen LogP contribution is -2.14. The summed E-state index contributed by atoms with van der Waals surface area (Å²) in [6, 6.07) is 65.3. The second-order valence-corrected chi connectivity index (χ2v) is 14.3. The Labute approximate surface area is 304 Å². The predicted molar refractivity (Wildman–Crippen MR) is 217 cm³/mol. The minimum Gasteiger partial charge on any atom is -0.309 e. The number of hydrogen-bond acceptors (Lipinski definition) is 3. The maximum absolute atomic E-state index is 5.33. The summed E-state index contributed by atoms with van der Waals surface area (Å²) in [6.07, 6.45) is 0. The molecule has 0 aliphatic carbocycles. The second-order valence-electron chi connectivity index (χ2n) is 13.2. The molecule has 244 valence electrons. The summed E-state index contributed by atoms with van der Waals surface area (Å²) >= 11 is 1.84. The molecule has 0 saturated carbocycles. The van der Waals surface area contributed by atoms with Crippen LogP contribution in [0.25, 0.3) is 66.4 Å². The highest BCUT2D eigenvalue weighted by molar-refractivity contribution is 7.99. The van der Waals surface area contributed by atoms with Gasteiger partial charge in [0, 0.05) is 48.6 Å². The molecule has 1 aliphatic heterocycles. The quantitative estimate of drug-likeness (QED) is 0.185. The third-order valence-electron chi connectivity index (χ3n) is 10.3. The molecule has 0 spiro atoms. The highest BCUT2D eigenvalue weighted by Gasteiger charge is 2.25. The topological polar surface area (TPSA) is 26.0 Å². The highest BCUT2D eigenvalue weighted by Crippen LogP contribution is 2.52. The van der Waals surface area contributed by atoms with Crippen molar-refractivity contribution in [1.29, 1.82) is 0 Å². The summed E-state index contributed by atoms with van der Waals surface area (Å²) in [5.41, 5.74) is 13.4. The van der Waals surface area contributed by atoms with Gasteiger partial charge in [0.1, 0.15) is 0 Å². The molecule has 7 aromatic carbocycles. The van der Waals surface area contributed by atoms with Gasteiger partial charge in [0.05, 0.1) is 44.7 Å². The number of hydrogen-bond donors (Lipinski definition) is 0. The summed E-state index contributed by atoms with van der Waals surface area (Å²) in [7, 11) is 0. The molecule has 0 atom stereocenters. The number of rotatable bonds is 4. The van der Waals surface area contributed by atoms with Crippen LogP contribution < -0.4 is 4.90 Å². The van der Waals surface area contributed by atoms with Gasteiger partial charge in [0.15, 0.2) is 0 Å². The molecule has 11 rings (SSSR count). The number of benzene rings is 7. The normalized spacial score (nSPS) is 12.5. The lowest BCUT2D eigenvalue weighted by atomic mass is 10.1. The van der Waals surface area contributed by atoms with Crippen molar-refractivity contribution >= 4 is 72.6 Å². The number of nitrogens with zero attached hydrogens (tertiary/aromatic N) is 4. The Morgan fingerprint density at radius 1 is 0.385 bits per heavy atom. The molecule has 0 amide bonds. The fraction of sp³-hybridized carbons (Fsp3) is 0. The summed E-state index contributed by atoms with van der Waals surface area (Å²) in [5, 5.41) is 3.57. The van der Waals surface area contributed by atoms with Crippen molar-refractivity contribution in [3.8, 4) is 22.6 Å². The zero-order valence-corrected chi connectivity index (χ0v) is 28.8. The molecular weight excluding hydrogens is 653 g/mol. The molecule has 0 fully saturated rings. The molecule has 1 aliphatic rings. The maximum Gasteiger partial charge on any atom is 0.0971 e. The number of fused-ring (bicyclic) bond motifs is 8. The Balaban J connectivity index is 1.14. The van der Waals surface area contributed by atoms with Crippen LogP contribution in [-0.4, -0.2) is 14.1 Å². The lowest BCUT2D eigenvalue weighted by molar-refractivity contribution is 1.16. The zero-order chi connectivity index (χ0) is 34.2. The number of pyridine rings is 1. The smallest absolute Gasteiger partial charge is 0.0971 e. The van der Waals surface area contributed by atoms with E-state index in [-0.39, 0.29) is 0 Å². The molecule has 0 saturated heterocycles. The molecule has 0 radical (unpaired) electrons. The van der Waals surface area contributed by atoms with Crippen LogP contribution in [0.3, 0.4) is 0 Å². The van der Waals surface area contributed by atoms with Crippen molar-refractivity contribution in [2.24, 2.45) is 0 Å². The average molecular weight is 683 g/mol. The van der Waals surface area contributed by atoms with Crippen molar-refractivity contribution in [2.45, 2.75) is 9.79 Å². The fourth-order valence-electron chi connectivity index (χ4n) is 7.99. The van der Waals surface area contributed by atoms with Crippen molar-refractivity contribution < 1.29 is 0 Å². The largest absolute Gasteiger partial charge is 0.309 e. The Kier molecular flexibility index (Phi) is 6.45. The van der Waals surface area contributed by atoms with Crippen LogP contribution in [0.15, 0.2) is 192 Å². The van der Waals surface area contributed by atoms with E-state index in [9.17, 15) is 0 Å². The number of para-hydroxylation sites is 4. The first kappa shape index (κ1) is 29.2. The van der Waals surface area contributed by atoms with Gasteiger partial charge in [0.2, 0.25) is 0 Å². The van der Waals surface area contributed by atoms with Crippen molar-refractivity contribution in [1.82, 2.24) is 14.1 Å². The lowest BCUT2D eigenvalue weighted by Gasteiger charge is -2.32. The monoisotopic (exact) mass is 682 g/mol. The molecule has 0 unspecified atom stereocenters. The molecule has 0 bridgehead atoms. The molecule has 0 N–H and O–H groups in total. The summed E-state index contributed by atoms with van der Waals surface area (Å²) < 4.78 is 4.75. The summed E-state index contributed by atoms with van der Waals surface area (Å²) in [6.45, 7) is 0. The van der Waals surface area contributed by atoms with Crippen molar-refractivity contribution in [2.75, 3.05) is 4.90 Å². The van der Waals surface area contributed by atoms with E-state index in [1.54, 1.807) is 0 Å². The summed E-state index contributed by atoms with van der Waals surface area (Å²) in [4.78, 5) is 10.3. The molecular formula is C47H30N4S. The van der Waals surface area contributed by atoms with Crippen LogP contribution in [0, 0.1) is 0 Å². The van der Waals surface area contributed by atoms with Gasteiger partial charge in [-0.15, -0.1) is 0 Å². The second kappa shape index (κ2) is 11.5. The molecule has 10 aromatic rings. The minimum absolute atomic E-state index is 0.967. The van der Waals surface area contributed by atoms with Gasteiger partial charge in [-0.3, -0.25) is 0 Å². The van der Waals surface area contributed by atoms with Crippen LogP contribution in [0.1, 0.15) is 0 Å². The first-order valence-electron chi connectivity index (χ1n) is 17.6. The van der Waals surface area contributed by atoms with Crippen LogP contribution in [-0.2, 0) is 0 Å². The van der Waals surface area contributed by atoms with Gasteiger partial charge in [-0.1, -0.05) is 103 Å². The van der Waals surface area contributed by atoms with Gasteiger partial charge in [-0.05, 0) is 91.0 Å².